The van der Waals surface area contributed by atoms with Crippen LogP contribution in [0, 0.1) is 17.3 Å². The molecule has 2 aromatic rings. The third-order valence-electron chi connectivity index (χ3n) is 9.86. The monoisotopic (exact) mass is 579 g/mol. The van der Waals surface area contributed by atoms with Crippen LogP contribution in [0.4, 0.5) is 5.13 Å². The van der Waals surface area contributed by atoms with Gasteiger partial charge in [0.1, 0.15) is 12.6 Å². The topological polar surface area (TPSA) is 109 Å². The first-order valence-corrected chi connectivity index (χ1v) is 15.7. The van der Waals surface area contributed by atoms with Crippen molar-refractivity contribution in [2.45, 2.75) is 58.1 Å². The number of carbonyl (C=O) groups is 3. The lowest BCUT2D eigenvalue weighted by molar-refractivity contribution is -0.140. The summed E-state index contributed by atoms with van der Waals surface area (Å²) in [5.41, 5.74) is 8.02. The van der Waals surface area contributed by atoms with E-state index in [1.165, 1.54) is 0 Å². The van der Waals surface area contributed by atoms with Crippen LogP contribution in [0.2, 0.25) is 0 Å². The number of primary amides is 1. The molecule has 220 valence electrons. The first-order chi connectivity index (χ1) is 19.6. The number of amides is 2. The second-order valence-electron chi connectivity index (χ2n) is 12.9. The van der Waals surface area contributed by atoms with Crippen molar-refractivity contribution in [2.75, 3.05) is 51.3 Å². The average molecular weight is 580 g/mol. The molecule has 2 N–H and O–H groups in total. The van der Waals surface area contributed by atoms with Gasteiger partial charge in [0.05, 0.1) is 17.7 Å². The third-order valence-corrected chi connectivity index (χ3v) is 10.8. The van der Waals surface area contributed by atoms with Crippen LogP contribution in [0.15, 0.2) is 23.6 Å². The molecule has 3 saturated heterocycles. The Labute approximate surface area is 246 Å². The first kappa shape index (κ1) is 28.3. The number of aromatic nitrogens is 1. The lowest BCUT2D eigenvalue weighted by atomic mass is 9.70. The molecule has 0 bridgehead atoms. The Morgan fingerprint density at radius 1 is 1.20 bits per heavy atom. The van der Waals surface area contributed by atoms with Crippen LogP contribution in [0.3, 0.4) is 0 Å². The van der Waals surface area contributed by atoms with Crippen molar-refractivity contribution in [1.29, 1.82) is 0 Å². The van der Waals surface area contributed by atoms with Gasteiger partial charge in [-0.1, -0.05) is 26.8 Å². The van der Waals surface area contributed by atoms with Crippen molar-refractivity contribution < 1.29 is 19.1 Å². The maximum Gasteiger partial charge on any atom is 0.249 e. The zero-order chi connectivity index (χ0) is 29.1. The molecule has 4 aliphatic rings. The van der Waals surface area contributed by atoms with Crippen molar-refractivity contribution in [2.24, 2.45) is 23.0 Å². The number of hydrogen-bond donors (Lipinski definition) is 1. The fourth-order valence-electron chi connectivity index (χ4n) is 6.84. The summed E-state index contributed by atoms with van der Waals surface area (Å²) in [7, 11) is 2.13. The van der Waals surface area contributed by atoms with Gasteiger partial charge in [-0.2, -0.15) is 0 Å². The highest BCUT2D eigenvalue weighted by Crippen LogP contribution is 2.49. The number of likely N-dealkylation sites (tertiary alicyclic amines) is 1. The number of piperazine rings is 1. The predicted octanol–water partition coefficient (Wildman–Crippen LogP) is 3.39. The number of ether oxygens (including phenoxy) is 1. The number of hydrogen-bond acceptors (Lipinski definition) is 8. The van der Waals surface area contributed by atoms with Crippen LogP contribution in [0.5, 0.6) is 0 Å². The van der Waals surface area contributed by atoms with E-state index in [0.717, 1.165) is 55.4 Å². The molecule has 1 saturated carbocycles. The molecule has 0 unspecified atom stereocenters. The number of thiazole rings is 1. The number of nitrogens with two attached hydrogens (primary N) is 1. The molecule has 0 radical (unpaired) electrons. The zero-order valence-electron chi connectivity index (χ0n) is 24.5. The quantitative estimate of drug-likeness (QED) is 0.511. The third kappa shape index (κ3) is 5.19. The Morgan fingerprint density at radius 3 is 2.59 bits per heavy atom. The number of fused-ring (bicyclic) bond motifs is 1. The van der Waals surface area contributed by atoms with E-state index in [-0.39, 0.29) is 30.3 Å². The van der Waals surface area contributed by atoms with Crippen molar-refractivity contribution >= 4 is 34.1 Å². The first-order valence-electron chi connectivity index (χ1n) is 14.9. The van der Waals surface area contributed by atoms with E-state index in [1.54, 1.807) is 22.3 Å². The number of nitrogens with zero attached hydrogens (tertiary/aromatic N) is 4. The van der Waals surface area contributed by atoms with E-state index in [0.29, 0.717) is 30.0 Å². The van der Waals surface area contributed by atoms with Gasteiger partial charge in [0.25, 0.3) is 0 Å². The van der Waals surface area contributed by atoms with Gasteiger partial charge in [-0.3, -0.25) is 14.4 Å². The highest BCUT2D eigenvalue weighted by molar-refractivity contribution is 7.14. The predicted molar refractivity (Wildman–Crippen MR) is 159 cm³/mol. The Hall–Kier alpha value is -2.82. The molecule has 1 aromatic heterocycles. The molecule has 2 amide bonds. The lowest BCUT2D eigenvalue weighted by Crippen LogP contribution is -2.47. The van der Waals surface area contributed by atoms with Crippen molar-refractivity contribution in [1.82, 2.24) is 14.8 Å². The summed E-state index contributed by atoms with van der Waals surface area (Å²) in [5, 5.41) is 3.02. The van der Waals surface area contributed by atoms with Gasteiger partial charge in [0, 0.05) is 55.1 Å². The smallest absolute Gasteiger partial charge is 0.249 e. The maximum atomic E-state index is 14.6. The number of likely N-dealkylation sites (N-methyl/N-ethyl adjacent to an activating group) is 1. The van der Waals surface area contributed by atoms with Gasteiger partial charge in [0.15, 0.2) is 10.9 Å². The van der Waals surface area contributed by atoms with Crippen molar-refractivity contribution in [3.63, 3.8) is 0 Å². The van der Waals surface area contributed by atoms with Crippen molar-refractivity contribution in [3.8, 4) is 11.3 Å². The van der Waals surface area contributed by atoms with E-state index in [1.807, 2.05) is 17.5 Å². The molecule has 4 heterocycles. The maximum absolute atomic E-state index is 14.6. The number of Topliss-reactive ketones (excluding diaryl/α,β-unsaturated/α-hetero) is 1. The number of anilines is 1. The summed E-state index contributed by atoms with van der Waals surface area (Å²) in [4.78, 5) is 51.7. The largest absolute Gasteiger partial charge is 0.367 e. The van der Waals surface area contributed by atoms with Gasteiger partial charge in [-0.15, -0.1) is 11.3 Å². The molecule has 6 rings (SSSR count). The molecular formula is C31H41N5O4S. The molecule has 10 heteroatoms. The number of benzene rings is 1. The summed E-state index contributed by atoms with van der Waals surface area (Å²) in [5.74, 6) is -0.675. The summed E-state index contributed by atoms with van der Waals surface area (Å²) >= 11 is 1.61. The second-order valence-corrected chi connectivity index (χ2v) is 13.8. The minimum absolute atomic E-state index is 0.0256. The van der Waals surface area contributed by atoms with E-state index in [2.05, 4.69) is 37.6 Å². The number of ketones is 1. The van der Waals surface area contributed by atoms with Crippen LogP contribution in [0.1, 0.15) is 61.9 Å². The second kappa shape index (κ2) is 10.8. The Balaban J connectivity index is 1.38. The Bertz CT molecular complexity index is 1350. The molecule has 0 spiro atoms. The normalized spacial score (nSPS) is 26.0. The van der Waals surface area contributed by atoms with Gasteiger partial charge in [-0.25, -0.2) is 4.98 Å². The van der Waals surface area contributed by atoms with E-state index < -0.39 is 23.3 Å². The van der Waals surface area contributed by atoms with Gasteiger partial charge in [-0.05, 0) is 55.3 Å². The zero-order valence-corrected chi connectivity index (χ0v) is 25.3. The van der Waals surface area contributed by atoms with Crippen LogP contribution in [0.25, 0.3) is 11.3 Å². The molecular weight excluding hydrogens is 538 g/mol. The molecule has 1 aromatic carbocycles. The van der Waals surface area contributed by atoms with Crippen LogP contribution >= 0.6 is 11.3 Å². The summed E-state index contributed by atoms with van der Waals surface area (Å²) in [6.45, 7) is 10.6. The van der Waals surface area contributed by atoms with Gasteiger partial charge >= 0.3 is 0 Å². The van der Waals surface area contributed by atoms with Gasteiger partial charge < -0.3 is 25.2 Å². The molecule has 3 aliphatic heterocycles. The van der Waals surface area contributed by atoms with Crippen molar-refractivity contribution in [3.05, 3.63) is 34.7 Å². The minimum atomic E-state index is -0.655. The molecule has 4 atom stereocenters. The van der Waals surface area contributed by atoms with Gasteiger partial charge in [0.2, 0.25) is 11.8 Å². The van der Waals surface area contributed by atoms with Crippen LogP contribution in [-0.2, 0) is 14.3 Å². The SMILES string of the molecule is CCC(C)(C)[C@H](C(=O)N1C[C@H](C2CC2)[C@H]2OCC(=O)[C@H]21)c1cc(-c2csc(N3CCN(C)CC3)n2)ccc1C(N)=O. The minimum Gasteiger partial charge on any atom is -0.367 e. The van der Waals surface area contributed by atoms with E-state index in [4.69, 9.17) is 15.5 Å². The van der Waals surface area contributed by atoms with E-state index in [9.17, 15) is 14.4 Å². The summed E-state index contributed by atoms with van der Waals surface area (Å²) < 4.78 is 5.95. The highest BCUT2D eigenvalue weighted by Gasteiger charge is 2.57. The Morgan fingerprint density at radius 2 is 1.93 bits per heavy atom. The lowest BCUT2D eigenvalue weighted by Gasteiger charge is -2.37. The fraction of sp³-hybridized carbons (Fsp3) is 0.613. The highest BCUT2D eigenvalue weighted by atomic mass is 32.1. The van der Waals surface area contributed by atoms with E-state index >= 15 is 0 Å². The molecule has 41 heavy (non-hydrogen) atoms. The molecule has 4 fully saturated rings. The molecule has 9 nitrogen and oxygen atoms in total. The van der Waals surface area contributed by atoms with Crippen LogP contribution in [-0.4, -0.2) is 90.9 Å². The number of carbonyl (C=O) groups excluding carboxylic acids is 3. The molecule has 1 aliphatic carbocycles. The summed E-state index contributed by atoms with van der Waals surface area (Å²) in [6.07, 6.45) is 2.72. The standard InChI is InChI=1S/C31H41N5O4S/c1-5-31(2,3)25(29(39)36-15-22(18-6-7-18)27-26(36)24(37)16-40-27)21-14-19(8-9-20(21)28(32)38)23-17-41-30(33-23)35-12-10-34(4)11-13-35/h8-9,14,17-18,22,25-27H,5-7,10-13,15-16H2,1-4H3,(H2,32,38)/t22-,25+,26-,27-/m1/s1. The van der Waals surface area contributed by atoms with Crippen LogP contribution < -0.4 is 10.6 Å². The Kier molecular flexibility index (Phi) is 7.45. The fourth-order valence-corrected chi connectivity index (χ4v) is 7.73. The summed E-state index contributed by atoms with van der Waals surface area (Å²) in [6, 6.07) is 4.99. The number of rotatable bonds is 8. The average Bonchev–Trinajstić information content (AvgIpc) is 3.36.